The number of pyridine rings is 4. The van der Waals surface area contributed by atoms with Gasteiger partial charge in [0.05, 0.1) is 162 Å². The summed E-state index contributed by atoms with van der Waals surface area (Å²) in [5, 5.41) is 6.12. The standard InChI is InChI=1S/C105H99N7O12/c1-105(2)93-14-8-6-12-85(93)86-38-28-80(69-94(86)105)111-46-50-115-54-58-119-61-64-121-81-30-18-72(19-31-81)95-40-25-75-16-17-76-27-42-97(108-102(76)101(75)106-95)87-39-36-84(124-67-63-120-59-55-116-51-47-111)70-90(87)91-71-98-74-22-34-83(35-23-74)123-66-62-118-57-53-114-49-45-110(79-29-43-100-92(68-79)88-13-7-9-15-99(88)112(100)78-10-4-3-5-11-78)44-48-113-52-56-117-60-65-122-82-32-20-73(21-33-82)96-41-26-77-24-37-89(91)104(109-98)103(77)107-96/h3-43,68-71H,44-67H2,1-2H3. The summed E-state index contributed by atoms with van der Waals surface area (Å²) in [6, 6.07) is 95.2. The van der Waals surface area contributed by atoms with Gasteiger partial charge in [-0.15, -0.1) is 0 Å². The molecule has 0 fully saturated rings. The van der Waals surface area contributed by atoms with Crippen molar-refractivity contribution in [3.63, 3.8) is 0 Å². The van der Waals surface area contributed by atoms with Gasteiger partial charge in [-0.05, 0) is 197 Å². The van der Waals surface area contributed by atoms with Crippen LogP contribution in [0.15, 0.2) is 273 Å². The van der Waals surface area contributed by atoms with Crippen molar-refractivity contribution in [3.05, 3.63) is 284 Å². The van der Waals surface area contributed by atoms with Crippen molar-refractivity contribution < 1.29 is 56.8 Å². The van der Waals surface area contributed by atoms with Crippen LogP contribution in [0.3, 0.4) is 0 Å². The fourth-order valence-electron chi connectivity index (χ4n) is 17.2. The van der Waals surface area contributed by atoms with Crippen LogP contribution in [0.1, 0.15) is 25.0 Å². The topological polar surface area (TPSA) is 174 Å². The summed E-state index contributed by atoms with van der Waals surface area (Å²) < 4.78 is 77.4. The maximum Gasteiger partial charge on any atom is 0.120 e. The summed E-state index contributed by atoms with van der Waals surface area (Å²) in [6.07, 6.45) is 0. The zero-order valence-corrected chi connectivity index (χ0v) is 70.0. The normalized spacial score (nSPS) is 16.2. The minimum absolute atomic E-state index is 0.138. The molecule has 11 aromatic carbocycles. The molecule has 0 amide bonds. The minimum Gasteiger partial charge on any atom is -0.491 e. The average Bonchev–Trinajstić information content (AvgIpc) is 1.24. The van der Waals surface area contributed by atoms with Crippen molar-refractivity contribution in [2.24, 2.45) is 0 Å². The molecule has 19 nitrogen and oxygen atoms in total. The molecule has 7 aliphatic rings. The lowest BCUT2D eigenvalue weighted by atomic mass is 9.82. The second kappa shape index (κ2) is 38.0. The van der Waals surface area contributed by atoms with Crippen LogP contribution in [0, 0.1) is 0 Å². The Morgan fingerprint density at radius 3 is 1.21 bits per heavy atom. The quantitative estimate of drug-likeness (QED) is 0.152. The Morgan fingerprint density at radius 1 is 0.242 bits per heavy atom. The van der Waals surface area contributed by atoms with E-state index >= 15 is 0 Å². The van der Waals surface area contributed by atoms with E-state index in [1.54, 1.807) is 0 Å². The third-order valence-corrected chi connectivity index (χ3v) is 23.6. The number of para-hydroxylation sites is 2. The highest BCUT2D eigenvalue weighted by atomic mass is 16.6. The monoisotopic (exact) mass is 1650 g/mol. The van der Waals surface area contributed by atoms with Crippen LogP contribution in [0.25, 0.3) is 138 Å². The largest absolute Gasteiger partial charge is 0.491 e. The number of nitrogens with zero attached hydrogens (tertiary/aromatic N) is 7. The summed E-state index contributed by atoms with van der Waals surface area (Å²) in [7, 11) is 0. The van der Waals surface area contributed by atoms with Gasteiger partial charge in [-0.25, -0.2) is 19.9 Å². The first-order chi connectivity index (χ1) is 61.3. The first-order valence-electron chi connectivity index (χ1n) is 43.1. The molecule has 0 atom stereocenters. The van der Waals surface area contributed by atoms with Gasteiger partial charge in [0.1, 0.15) is 49.4 Å². The lowest BCUT2D eigenvalue weighted by Gasteiger charge is -2.27. The third kappa shape index (κ3) is 18.0. The zero-order chi connectivity index (χ0) is 83.4. The van der Waals surface area contributed by atoms with Crippen LogP contribution in [-0.2, 0) is 43.3 Å². The van der Waals surface area contributed by atoms with E-state index < -0.39 is 0 Å². The van der Waals surface area contributed by atoms with Crippen LogP contribution in [0.2, 0.25) is 0 Å². The number of anilines is 2. The summed E-state index contributed by atoms with van der Waals surface area (Å²) in [5.74, 6) is 2.82. The van der Waals surface area contributed by atoms with Gasteiger partial charge in [-0.1, -0.05) is 123 Å². The Bertz CT molecular complexity index is 6430. The molecule has 1 aliphatic carbocycles. The number of hydrogen-bond donors (Lipinski definition) is 0. The van der Waals surface area contributed by atoms with Crippen LogP contribution >= 0.6 is 0 Å². The molecule has 23 rings (SSSR count). The fraction of sp³-hybridized carbons (Fsp3) is 0.257. The highest BCUT2D eigenvalue weighted by Gasteiger charge is 2.36. The summed E-state index contributed by atoms with van der Waals surface area (Å²) >= 11 is 0. The van der Waals surface area contributed by atoms with Crippen LogP contribution in [0.4, 0.5) is 11.4 Å². The molecule has 0 saturated carbocycles. The van der Waals surface area contributed by atoms with E-state index in [0.717, 1.165) is 139 Å². The molecule has 0 radical (unpaired) electrons. The highest BCUT2D eigenvalue weighted by molar-refractivity contribution is 6.13. The lowest BCUT2D eigenvalue weighted by Crippen LogP contribution is -2.32. The van der Waals surface area contributed by atoms with Crippen molar-refractivity contribution in [3.8, 4) is 96.0 Å². The van der Waals surface area contributed by atoms with Gasteiger partial charge in [0.15, 0.2) is 0 Å². The first kappa shape index (κ1) is 81.0. The smallest absolute Gasteiger partial charge is 0.120 e. The molecule has 0 unspecified atom stereocenters. The maximum absolute atomic E-state index is 6.74. The van der Waals surface area contributed by atoms with Crippen molar-refractivity contribution >= 4 is 76.8 Å². The van der Waals surface area contributed by atoms with Gasteiger partial charge in [-0.2, -0.15) is 0 Å². The average molecular weight is 1650 g/mol. The van der Waals surface area contributed by atoms with Gasteiger partial charge in [0.25, 0.3) is 0 Å². The van der Waals surface area contributed by atoms with Gasteiger partial charge < -0.3 is 71.2 Å². The third-order valence-electron chi connectivity index (χ3n) is 23.6. The van der Waals surface area contributed by atoms with Crippen molar-refractivity contribution in [2.75, 3.05) is 168 Å². The Hall–Kier alpha value is -12.7. The van der Waals surface area contributed by atoms with E-state index in [9.17, 15) is 0 Å². The van der Waals surface area contributed by atoms with Crippen molar-refractivity contribution in [1.29, 1.82) is 0 Å². The molecule has 16 bridgehead atoms. The molecule has 0 saturated heterocycles. The molecule has 6 aliphatic heterocycles. The number of benzene rings is 11. The van der Waals surface area contributed by atoms with Gasteiger partial charge in [0, 0.05) is 103 Å². The Labute approximate surface area is 721 Å². The Morgan fingerprint density at radius 2 is 0.645 bits per heavy atom. The molecule has 0 N–H and O–H groups in total. The van der Waals surface area contributed by atoms with E-state index in [-0.39, 0.29) is 12.0 Å². The fourth-order valence-corrected chi connectivity index (χ4v) is 17.2. The lowest BCUT2D eigenvalue weighted by molar-refractivity contribution is 0.0347. The molecular weight excluding hydrogens is 1550 g/mol. The zero-order valence-electron chi connectivity index (χ0n) is 70.0. The van der Waals surface area contributed by atoms with Crippen LogP contribution in [-0.4, -0.2) is 183 Å². The van der Waals surface area contributed by atoms with Crippen LogP contribution < -0.4 is 28.7 Å². The predicted molar refractivity (Wildman–Crippen MR) is 493 cm³/mol. The van der Waals surface area contributed by atoms with Gasteiger partial charge in [0.2, 0.25) is 0 Å². The SMILES string of the molecule is CC1(C)c2ccccc2-c2ccc(N3CCOCCOCCOc4ccc(cc4)-c4ccc5ccc6ccc(nc6c5n4)-c4ccc(cc4-c4cc5nc6c4ccc4ccc(nc46)-c4ccc(cc4)OCCOCCOCCN(c4ccc6c(c4)c4ccccc4n6-c4ccccc4)CCOCCOCCOc4ccc-5cc4)OCCOCCOCC3)cc21. The number of hydrogen-bond acceptors (Lipinski definition) is 18. The molecule has 0 spiro atoms. The molecule has 5 aromatic heterocycles. The Kier molecular flexibility index (Phi) is 24.8. The van der Waals surface area contributed by atoms with E-state index in [1.807, 2.05) is 66.7 Å². The van der Waals surface area contributed by atoms with Gasteiger partial charge >= 0.3 is 0 Å². The van der Waals surface area contributed by atoms with E-state index in [2.05, 4.69) is 234 Å². The van der Waals surface area contributed by atoms with E-state index in [4.69, 9.17) is 76.8 Å². The molecule has 626 valence electrons. The Balaban J connectivity index is 0.609. The summed E-state index contributed by atoms with van der Waals surface area (Å²) in [4.78, 5) is 26.8. The molecule has 11 heterocycles. The number of ether oxygens (including phenoxy) is 12. The molecule has 124 heavy (non-hydrogen) atoms. The number of rotatable bonds is 4. The van der Waals surface area contributed by atoms with Crippen molar-refractivity contribution in [1.82, 2.24) is 24.5 Å². The molecule has 19 heteroatoms. The summed E-state index contributed by atoms with van der Waals surface area (Å²) in [5.41, 5.74) is 22.2. The van der Waals surface area contributed by atoms with E-state index in [0.29, 0.717) is 163 Å². The second-order valence-electron chi connectivity index (χ2n) is 31.7. The molecule has 16 aromatic rings. The number of aromatic nitrogens is 5. The second-order valence-corrected chi connectivity index (χ2v) is 31.7. The molecular formula is C105H99N7O12. The van der Waals surface area contributed by atoms with Crippen LogP contribution in [0.5, 0.6) is 23.0 Å². The highest BCUT2D eigenvalue weighted by Crippen LogP contribution is 2.50. The minimum atomic E-state index is -0.138. The van der Waals surface area contributed by atoms with Crippen molar-refractivity contribution in [2.45, 2.75) is 19.3 Å². The van der Waals surface area contributed by atoms with Gasteiger partial charge in [-0.3, -0.25) is 0 Å². The maximum atomic E-state index is 6.74. The predicted octanol–water partition coefficient (Wildman–Crippen LogP) is 20.3. The van der Waals surface area contributed by atoms with E-state index in [1.165, 1.54) is 33.0 Å². The first-order valence-corrected chi connectivity index (χ1v) is 43.1. The number of fused-ring (bicyclic) bond motifs is 10. The summed E-state index contributed by atoms with van der Waals surface area (Å²) in [6.45, 7) is 15.6.